The molecule has 0 aromatic heterocycles. The number of aliphatic imine (C=N–C) groups is 1. The van der Waals surface area contributed by atoms with Crippen LogP contribution in [0.2, 0.25) is 0 Å². The Morgan fingerprint density at radius 2 is 1.89 bits per heavy atom. The van der Waals surface area contributed by atoms with E-state index in [1.807, 2.05) is 0 Å². The van der Waals surface area contributed by atoms with Gasteiger partial charge in [0.15, 0.2) is 5.96 Å². The summed E-state index contributed by atoms with van der Waals surface area (Å²) in [5.74, 6) is 2.60. The van der Waals surface area contributed by atoms with Gasteiger partial charge in [0.1, 0.15) is 5.75 Å². The summed E-state index contributed by atoms with van der Waals surface area (Å²) in [6.07, 6.45) is 6.48. The van der Waals surface area contributed by atoms with E-state index in [1.54, 1.807) is 0 Å². The van der Waals surface area contributed by atoms with Gasteiger partial charge in [0, 0.05) is 18.7 Å². The van der Waals surface area contributed by atoms with Gasteiger partial charge in [-0.25, -0.2) is 0 Å². The maximum Gasteiger partial charge on any atom is 0.195 e. The van der Waals surface area contributed by atoms with E-state index in [9.17, 15) is 0 Å². The highest BCUT2D eigenvalue weighted by Crippen LogP contribution is 2.31. The van der Waals surface area contributed by atoms with Crippen LogP contribution < -0.4 is 15.4 Å². The second kappa shape index (κ2) is 8.47. The van der Waals surface area contributed by atoms with Gasteiger partial charge in [-0.05, 0) is 55.0 Å². The largest absolute Gasteiger partial charge is 0.490 e. The number of para-hydroxylation sites is 1. The zero-order valence-corrected chi connectivity index (χ0v) is 16.1. The van der Waals surface area contributed by atoms with Crippen LogP contribution >= 0.6 is 0 Å². The molecule has 142 valence electrons. The minimum Gasteiger partial charge on any atom is -0.490 e. The Morgan fingerprint density at radius 1 is 1.11 bits per heavy atom. The molecule has 1 saturated carbocycles. The second-order valence-electron chi connectivity index (χ2n) is 7.63. The maximum absolute atomic E-state index is 6.38. The van der Waals surface area contributed by atoms with Crippen LogP contribution in [0.3, 0.4) is 0 Å². The molecule has 27 heavy (non-hydrogen) atoms. The van der Waals surface area contributed by atoms with Gasteiger partial charge in [0.2, 0.25) is 0 Å². The first-order valence-electron chi connectivity index (χ1n) is 10.2. The Balaban J connectivity index is 1.41. The van der Waals surface area contributed by atoms with Crippen molar-refractivity contribution in [2.75, 3.05) is 18.4 Å². The monoisotopic (exact) mass is 363 g/mol. The van der Waals surface area contributed by atoms with E-state index >= 15 is 0 Å². The van der Waals surface area contributed by atoms with Crippen molar-refractivity contribution in [3.8, 4) is 5.75 Å². The predicted molar refractivity (Wildman–Crippen MR) is 112 cm³/mol. The third-order valence-corrected chi connectivity index (χ3v) is 5.63. The van der Waals surface area contributed by atoms with Gasteiger partial charge < -0.3 is 15.4 Å². The average Bonchev–Trinajstić information content (AvgIpc) is 3.39. The highest BCUT2D eigenvalue weighted by molar-refractivity contribution is 5.94. The molecule has 1 fully saturated rings. The summed E-state index contributed by atoms with van der Waals surface area (Å²) in [6.45, 7) is 3.99. The Hall–Kier alpha value is -2.49. The smallest absolute Gasteiger partial charge is 0.195 e. The van der Waals surface area contributed by atoms with E-state index in [0.29, 0.717) is 12.0 Å². The molecule has 0 saturated heterocycles. The molecule has 0 radical (unpaired) electrons. The van der Waals surface area contributed by atoms with Crippen LogP contribution in [-0.4, -0.2) is 25.2 Å². The molecule has 1 heterocycles. The van der Waals surface area contributed by atoms with Crippen molar-refractivity contribution in [3.05, 3.63) is 59.7 Å². The summed E-state index contributed by atoms with van der Waals surface area (Å²) >= 11 is 0. The van der Waals surface area contributed by atoms with Crippen LogP contribution in [0.15, 0.2) is 53.5 Å². The normalized spacial score (nSPS) is 18.0. The Bertz CT molecular complexity index is 778. The van der Waals surface area contributed by atoms with E-state index < -0.39 is 0 Å². The predicted octanol–water partition coefficient (Wildman–Crippen LogP) is 4.61. The summed E-state index contributed by atoms with van der Waals surface area (Å²) in [4.78, 5) is 4.37. The topological polar surface area (TPSA) is 45.6 Å². The molecule has 1 atom stereocenters. The summed E-state index contributed by atoms with van der Waals surface area (Å²) in [5.41, 5.74) is 3.60. The van der Waals surface area contributed by atoms with Crippen LogP contribution in [0.4, 0.5) is 5.69 Å². The molecular weight excluding hydrogens is 334 g/mol. The zero-order chi connectivity index (χ0) is 18.5. The van der Waals surface area contributed by atoms with Crippen molar-refractivity contribution in [1.82, 2.24) is 5.32 Å². The van der Waals surface area contributed by atoms with E-state index in [4.69, 9.17) is 4.74 Å². The lowest BCUT2D eigenvalue weighted by molar-refractivity contribution is 0.153. The van der Waals surface area contributed by atoms with Crippen molar-refractivity contribution >= 4 is 11.6 Å². The summed E-state index contributed by atoms with van der Waals surface area (Å²) in [6, 6.07) is 17.0. The Labute approximate surface area is 162 Å². The lowest BCUT2D eigenvalue weighted by Gasteiger charge is -2.22. The fourth-order valence-electron chi connectivity index (χ4n) is 4.03. The van der Waals surface area contributed by atoms with Crippen molar-refractivity contribution in [1.29, 1.82) is 0 Å². The fourth-order valence-corrected chi connectivity index (χ4v) is 4.03. The lowest BCUT2D eigenvalue weighted by atomic mass is 10.0. The first-order valence-corrected chi connectivity index (χ1v) is 10.2. The summed E-state index contributed by atoms with van der Waals surface area (Å²) in [5, 5.41) is 6.55. The Morgan fingerprint density at radius 3 is 2.63 bits per heavy atom. The van der Waals surface area contributed by atoms with Crippen molar-refractivity contribution < 1.29 is 4.74 Å². The number of guanidine groups is 1. The number of nitrogens with zero attached hydrogens (tertiary/aromatic N) is 1. The fraction of sp³-hybridized carbons (Fsp3) is 0.435. The molecule has 1 aliphatic heterocycles. The van der Waals surface area contributed by atoms with Crippen LogP contribution in [0.25, 0.3) is 0 Å². The van der Waals surface area contributed by atoms with E-state index in [2.05, 4.69) is 71.1 Å². The van der Waals surface area contributed by atoms with Crippen LogP contribution in [-0.2, 0) is 6.42 Å². The quantitative estimate of drug-likeness (QED) is 0.788. The standard InChI is InChI=1S/C23H29N3O/c1-17(19-6-2-3-7-19)27-22-9-5-4-8-20(22)16-18-10-12-21(13-11-18)26-23-24-14-15-25-23/h4-5,8-13,17,19H,2-3,6-7,14-16H2,1H3,(H2,24,25,26). The first kappa shape index (κ1) is 17.9. The average molecular weight is 364 g/mol. The number of rotatable bonds is 6. The van der Waals surface area contributed by atoms with E-state index in [0.717, 1.165) is 36.9 Å². The van der Waals surface area contributed by atoms with E-state index in [-0.39, 0.29) is 0 Å². The molecule has 0 spiro atoms. The van der Waals surface area contributed by atoms with Gasteiger partial charge in [-0.3, -0.25) is 4.99 Å². The van der Waals surface area contributed by atoms with Crippen molar-refractivity contribution in [2.45, 2.75) is 45.1 Å². The molecule has 2 aromatic carbocycles. The third-order valence-electron chi connectivity index (χ3n) is 5.63. The van der Waals surface area contributed by atoms with E-state index in [1.165, 1.54) is 36.8 Å². The van der Waals surface area contributed by atoms with Gasteiger partial charge in [-0.2, -0.15) is 0 Å². The minimum absolute atomic E-state index is 0.292. The van der Waals surface area contributed by atoms with Crippen LogP contribution in [0.1, 0.15) is 43.7 Å². The van der Waals surface area contributed by atoms with Gasteiger partial charge in [-0.15, -0.1) is 0 Å². The van der Waals surface area contributed by atoms with Gasteiger partial charge in [-0.1, -0.05) is 43.2 Å². The molecule has 2 N–H and O–H groups in total. The molecular formula is C23H29N3O. The van der Waals surface area contributed by atoms with Crippen molar-refractivity contribution in [3.63, 3.8) is 0 Å². The lowest BCUT2D eigenvalue weighted by Crippen LogP contribution is -2.26. The van der Waals surface area contributed by atoms with Gasteiger partial charge in [0.25, 0.3) is 0 Å². The first-order chi connectivity index (χ1) is 13.3. The highest BCUT2D eigenvalue weighted by Gasteiger charge is 2.23. The molecule has 2 aromatic rings. The number of hydrogen-bond donors (Lipinski definition) is 2. The number of hydrogen-bond acceptors (Lipinski definition) is 4. The molecule has 4 rings (SSSR count). The SMILES string of the molecule is CC(Oc1ccccc1Cc1ccc(NC2=NCCN2)cc1)C1CCCC1. The molecule has 0 amide bonds. The highest BCUT2D eigenvalue weighted by atomic mass is 16.5. The molecule has 4 heteroatoms. The third kappa shape index (κ3) is 4.62. The number of anilines is 1. The van der Waals surface area contributed by atoms with Crippen molar-refractivity contribution in [2.24, 2.45) is 10.9 Å². The second-order valence-corrected chi connectivity index (χ2v) is 7.63. The molecule has 4 nitrogen and oxygen atoms in total. The number of nitrogens with one attached hydrogen (secondary N) is 2. The Kier molecular flexibility index (Phi) is 5.61. The summed E-state index contributed by atoms with van der Waals surface area (Å²) in [7, 11) is 0. The molecule has 0 bridgehead atoms. The number of benzene rings is 2. The zero-order valence-electron chi connectivity index (χ0n) is 16.1. The van der Waals surface area contributed by atoms with Gasteiger partial charge >= 0.3 is 0 Å². The number of ether oxygens (including phenoxy) is 1. The maximum atomic E-state index is 6.38. The summed E-state index contributed by atoms with van der Waals surface area (Å²) < 4.78 is 6.38. The molecule has 1 aliphatic carbocycles. The van der Waals surface area contributed by atoms with Crippen LogP contribution in [0.5, 0.6) is 5.75 Å². The van der Waals surface area contributed by atoms with Gasteiger partial charge in [0.05, 0.1) is 12.6 Å². The molecule has 1 unspecified atom stereocenters. The minimum atomic E-state index is 0.292. The van der Waals surface area contributed by atoms with Crippen LogP contribution in [0, 0.1) is 5.92 Å². The molecule has 2 aliphatic rings.